The minimum absolute atomic E-state index is 0.0636. The van der Waals surface area contributed by atoms with Crippen LogP contribution in [0, 0.1) is 0 Å². The van der Waals surface area contributed by atoms with Crippen LogP contribution < -0.4 is 5.32 Å². The van der Waals surface area contributed by atoms with Gasteiger partial charge in [0.25, 0.3) is 0 Å². The Labute approximate surface area is 53.8 Å². The maximum atomic E-state index is 11.3. The lowest BCUT2D eigenvalue weighted by molar-refractivity contribution is -0.117. The van der Waals surface area contributed by atoms with Crippen molar-refractivity contribution in [2.45, 2.75) is 19.9 Å². The Morgan fingerprint density at radius 3 is 2.56 bits per heavy atom. The van der Waals surface area contributed by atoms with Crippen LogP contribution in [-0.2, 0) is 4.79 Å². The third kappa shape index (κ3) is 5.00. The average Bonchev–Trinajstić information content (AvgIpc) is 1.63. The molecule has 9 heavy (non-hydrogen) atoms. The lowest BCUT2D eigenvalue weighted by atomic mass is 10.4. The maximum absolute atomic E-state index is 11.3. The number of carbonyl (C=O) groups is 1. The molecular weight excluding hydrogens is 121 g/mol. The molecule has 0 saturated carbocycles. The molecule has 0 aromatic carbocycles. The second-order valence-corrected chi connectivity index (χ2v) is 1.96. The maximum Gasteiger partial charge on any atom is 0.246 e. The number of hydrogen-bond acceptors (Lipinski definition) is 1. The Bertz CT molecular complexity index is 120. The predicted octanol–water partition coefficient (Wildman–Crippen LogP) is 0.994. The fourth-order valence-electron chi connectivity index (χ4n) is 0.390. The van der Waals surface area contributed by atoms with E-state index in [2.05, 4.69) is 5.32 Å². The summed E-state index contributed by atoms with van der Waals surface area (Å²) in [5.41, 5.74) is 0. The van der Waals surface area contributed by atoms with E-state index < -0.39 is 5.91 Å². The third-order valence-electron chi connectivity index (χ3n) is 0.645. The lowest BCUT2D eigenvalue weighted by Crippen LogP contribution is -2.28. The molecule has 0 rings (SSSR count). The number of rotatable bonds is 2. The van der Waals surface area contributed by atoms with Crippen molar-refractivity contribution in [3.63, 3.8) is 0 Å². The molecule has 0 aromatic rings. The summed E-state index contributed by atoms with van der Waals surface area (Å²) in [6, 6.07) is 0.0636. The highest BCUT2D eigenvalue weighted by atomic mass is 19.1. The monoisotopic (exact) mass is 131 g/mol. The standard InChI is InChI=1S/C6H10FNO/c1-5(2)8-6(9)3-4-7/h3-5H,1-2H3,(H,8,9)/b4-3+. The highest BCUT2D eigenvalue weighted by Crippen LogP contribution is 1.78. The number of amides is 1. The van der Waals surface area contributed by atoms with Crippen LogP contribution in [0.25, 0.3) is 0 Å². The van der Waals surface area contributed by atoms with Gasteiger partial charge in [0.15, 0.2) is 0 Å². The molecule has 0 atom stereocenters. The molecule has 0 unspecified atom stereocenters. The van der Waals surface area contributed by atoms with Crippen LogP contribution in [0.1, 0.15) is 13.8 Å². The molecule has 2 nitrogen and oxygen atoms in total. The van der Waals surface area contributed by atoms with Crippen molar-refractivity contribution >= 4 is 5.91 Å². The normalized spacial score (nSPS) is 10.7. The van der Waals surface area contributed by atoms with Crippen molar-refractivity contribution in [3.8, 4) is 0 Å². The average molecular weight is 131 g/mol. The minimum atomic E-state index is -0.396. The first-order valence-corrected chi connectivity index (χ1v) is 2.74. The molecule has 0 aliphatic rings. The van der Waals surface area contributed by atoms with Crippen LogP contribution in [0.3, 0.4) is 0 Å². The number of halogens is 1. The van der Waals surface area contributed by atoms with Crippen molar-refractivity contribution in [2.24, 2.45) is 0 Å². The van der Waals surface area contributed by atoms with Gasteiger partial charge < -0.3 is 5.32 Å². The Kier molecular flexibility index (Phi) is 3.67. The Morgan fingerprint density at radius 2 is 2.22 bits per heavy atom. The van der Waals surface area contributed by atoms with Crippen LogP contribution in [-0.4, -0.2) is 11.9 Å². The summed E-state index contributed by atoms with van der Waals surface area (Å²) in [4.78, 5) is 10.4. The van der Waals surface area contributed by atoms with Crippen LogP contribution >= 0.6 is 0 Å². The van der Waals surface area contributed by atoms with Crippen LogP contribution in [0.4, 0.5) is 4.39 Å². The molecule has 0 radical (unpaired) electrons. The van der Waals surface area contributed by atoms with Gasteiger partial charge in [-0.2, -0.15) is 0 Å². The molecule has 0 spiro atoms. The molecule has 3 heteroatoms. The van der Waals surface area contributed by atoms with Crippen LogP contribution in [0.2, 0.25) is 0 Å². The van der Waals surface area contributed by atoms with Gasteiger partial charge in [0.1, 0.15) is 0 Å². The molecule has 0 aromatic heterocycles. The first kappa shape index (κ1) is 8.14. The first-order valence-electron chi connectivity index (χ1n) is 2.74. The quantitative estimate of drug-likeness (QED) is 0.556. The number of nitrogens with one attached hydrogen (secondary N) is 1. The molecule has 0 aliphatic carbocycles. The van der Waals surface area contributed by atoms with Crippen molar-refractivity contribution in [3.05, 3.63) is 12.4 Å². The summed E-state index contributed by atoms with van der Waals surface area (Å²) in [6.45, 7) is 3.62. The summed E-state index contributed by atoms with van der Waals surface area (Å²) in [5.74, 6) is -0.396. The van der Waals surface area contributed by atoms with E-state index in [0.29, 0.717) is 0 Å². The van der Waals surface area contributed by atoms with Crippen molar-refractivity contribution in [1.82, 2.24) is 5.32 Å². The SMILES string of the molecule is CC(C)NC(=O)/C=C/F. The highest BCUT2D eigenvalue weighted by molar-refractivity contribution is 5.87. The molecule has 52 valence electrons. The van der Waals surface area contributed by atoms with E-state index in [1.807, 2.05) is 13.8 Å². The zero-order chi connectivity index (χ0) is 7.28. The number of carbonyl (C=O) groups excluding carboxylic acids is 1. The smallest absolute Gasteiger partial charge is 0.246 e. The van der Waals surface area contributed by atoms with E-state index in [1.165, 1.54) is 0 Å². The Balaban J connectivity index is 3.51. The molecule has 1 N–H and O–H groups in total. The van der Waals surface area contributed by atoms with E-state index in [-0.39, 0.29) is 12.4 Å². The lowest BCUT2D eigenvalue weighted by Gasteiger charge is -2.02. The molecule has 0 fully saturated rings. The van der Waals surface area contributed by atoms with Crippen LogP contribution in [0.15, 0.2) is 12.4 Å². The minimum Gasteiger partial charge on any atom is -0.350 e. The molecule has 1 amide bonds. The molecule has 0 bridgehead atoms. The van der Waals surface area contributed by atoms with Crippen molar-refractivity contribution in [2.75, 3.05) is 0 Å². The Hall–Kier alpha value is -0.860. The predicted molar refractivity (Wildman–Crippen MR) is 33.5 cm³/mol. The van der Waals surface area contributed by atoms with Crippen molar-refractivity contribution < 1.29 is 9.18 Å². The third-order valence-corrected chi connectivity index (χ3v) is 0.645. The summed E-state index contributed by atoms with van der Waals surface area (Å²) in [6.07, 6.45) is 1.07. The zero-order valence-electron chi connectivity index (χ0n) is 5.52. The highest BCUT2D eigenvalue weighted by Gasteiger charge is 1.95. The van der Waals surface area contributed by atoms with Crippen molar-refractivity contribution in [1.29, 1.82) is 0 Å². The topological polar surface area (TPSA) is 29.1 Å². The van der Waals surface area contributed by atoms with Gasteiger partial charge in [-0.3, -0.25) is 4.79 Å². The molecule has 0 heterocycles. The summed E-state index contributed by atoms with van der Waals surface area (Å²) < 4.78 is 11.3. The largest absolute Gasteiger partial charge is 0.350 e. The molecular formula is C6H10FNO. The fourth-order valence-corrected chi connectivity index (χ4v) is 0.390. The molecule has 0 aliphatic heterocycles. The number of hydrogen-bond donors (Lipinski definition) is 1. The summed E-state index contributed by atoms with van der Waals surface area (Å²) in [7, 11) is 0. The van der Waals surface area contributed by atoms with E-state index in [9.17, 15) is 9.18 Å². The van der Waals surface area contributed by atoms with Gasteiger partial charge in [-0.25, -0.2) is 4.39 Å². The van der Waals surface area contributed by atoms with Gasteiger partial charge in [0.05, 0.1) is 6.33 Å². The van der Waals surface area contributed by atoms with Gasteiger partial charge >= 0.3 is 0 Å². The Morgan fingerprint density at radius 1 is 1.67 bits per heavy atom. The molecule has 0 saturated heterocycles. The van der Waals surface area contributed by atoms with E-state index in [0.717, 1.165) is 6.08 Å². The van der Waals surface area contributed by atoms with E-state index >= 15 is 0 Å². The fraction of sp³-hybridized carbons (Fsp3) is 0.500. The summed E-state index contributed by atoms with van der Waals surface area (Å²) >= 11 is 0. The van der Waals surface area contributed by atoms with Gasteiger partial charge in [-0.05, 0) is 13.8 Å². The van der Waals surface area contributed by atoms with Gasteiger partial charge in [0, 0.05) is 12.1 Å². The van der Waals surface area contributed by atoms with Gasteiger partial charge in [-0.15, -0.1) is 0 Å². The second-order valence-electron chi connectivity index (χ2n) is 1.96. The summed E-state index contributed by atoms with van der Waals surface area (Å²) in [5, 5.41) is 2.48. The van der Waals surface area contributed by atoms with Crippen LogP contribution in [0.5, 0.6) is 0 Å². The zero-order valence-corrected chi connectivity index (χ0v) is 5.52. The van der Waals surface area contributed by atoms with E-state index in [4.69, 9.17) is 0 Å². The second kappa shape index (κ2) is 4.06. The van der Waals surface area contributed by atoms with Gasteiger partial charge in [-0.1, -0.05) is 0 Å². The van der Waals surface area contributed by atoms with E-state index in [1.54, 1.807) is 0 Å². The van der Waals surface area contributed by atoms with Gasteiger partial charge in [0.2, 0.25) is 5.91 Å². The first-order chi connectivity index (χ1) is 4.16.